The topological polar surface area (TPSA) is 18.5 Å². The number of benzene rings is 1. The Kier molecular flexibility index (Phi) is 3.13. The van der Waals surface area contributed by atoms with Crippen molar-refractivity contribution >= 4 is 6.08 Å². The van der Waals surface area contributed by atoms with Gasteiger partial charge in [0.25, 0.3) is 0 Å². The van der Waals surface area contributed by atoms with Crippen LogP contribution in [-0.2, 0) is 9.47 Å². The van der Waals surface area contributed by atoms with Crippen LogP contribution in [0.2, 0.25) is 0 Å². The molecule has 1 fully saturated rings. The van der Waals surface area contributed by atoms with E-state index in [1.165, 1.54) is 5.56 Å². The van der Waals surface area contributed by atoms with Crippen LogP contribution in [0.3, 0.4) is 0 Å². The minimum Gasteiger partial charge on any atom is -0.373 e. The quantitative estimate of drug-likeness (QED) is 0.772. The van der Waals surface area contributed by atoms with Crippen LogP contribution in [0.4, 0.5) is 0 Å². The van der Waals surface area contributed by atoms with Crippen molar-refractivity contribution in [1.29, 1.82) is 0 Å². The predicted molar refractivity (Wildman–Crippen MR) is 65.3 cm³/mol. The van der Waals surface area contributed by atoms with E-state index in [1.807, 2.05) is 6.08 Å². The van der Waals surface area contributed by atoms with E-state index >= 15 is 0 Å². The van der Waals surface area contributed by atoms with E-state index < -0.39 is 0 Å². The molecule has 0 aromatic heterocycles. The highest BCUT2D eigenvalue weighted by molar-refractivity contribution is 5.47. The van der Waals surface area contributed by atoms with E-state index in [9.17, 15) is 0 Å². The zero-order chi connectivity index (χ0) is 11.6. The minimum atomic E-state index is -0.129. The summed E-state index contributed by atoms with van der Waals surface area (Å²) in [6, 6.07) is 8.29. The molecule has 2 nitrogen and oxygen atoms in total. The van der Waals surface area contributed by atoms with Crippen LogP contribution in [0.25, 0.3) is 6.08 Å². The summed E-state index contributed by atoms with van der Waals surface area (Å²) in [5, 5.41) is 0. The van der Waals surface area contributed by atoms with E-state index in [1.54, 1.807) is 7.11 Å². The molecular weight excluding hydrogens is 200 g/mol. The Labute approximate surface area is 96.9 Å². The van der Waals surface area contributed by atoms with E-state index in [2.05, 4.69) is 37.8 Å². The lowest BCUT2D eigenvalue weighted by Crippen LogP contribution is -2.53. The molecule has 0 aliphatic carbocycles. The zero-order valence-electron chi connectivity index (χ0n) is 9.90. The second kappa shape index (κ2) is 4.40. The third-order valence-electron chi connectivity index (χ3n) is 3.45. The Morgan fingerprint density at radius 3 is 2.56 bits per heavy atom. The largest absolute Gasteiger partial charge is 0.373 e. The lowest BCUT2D eigenvalue weighted by Gasteiger charge is -2.47. The van der Waals surface area contributed by atoms with Gasteiger partial charge in [0.05, 0.1) is 6.61 Å². The molecule has 1 aromatic rings. The fraction of sp³-hybridized carbons (Fsp3) is 0.429. The summed E-state index contributed by atoms with van der Waals surface area (Å²) in [6.45, 7) is 6.57. The molecule has 2 atom stereocenters. The van der Waals surface area contributed by atoms with Crippen molar-refractivity contribution in [2.45, 2.75) is 25.0 Å². The highest BCUT2D eigenvalue weighted by Crippen LogP contribution is 2.43. The van der Waals surface area contributed by atoms with Gasteiger partial charge in [-0.1, -0.05) is 43.8 Å². The molecule has 16 heavy (non-hydrogen) atoms. The van der Waals surface area contributed by atoms with Gasteiger partial charge in [-0.15, -0.1) is 0 Å². The van der Waals surface area contributed by atoms with Gasteiger partial charge in [0.2, 0.25) is 0 Å². The molecule has 2 heteroatoms. The van der Waals surface area contributed by atoms with E-state index in [4.69, 9.17) is 9.47 Å². The third kappa shape index (κ3) is 1.68. The summed E-state index contributed by atoms with van der Waals surface area (Å²) in [4.78, 5) is 0. The number of hydrogen-bond donors (Lipinski definition) is 0. The lowest BCUT2D eigenvalue weighted by molar-refractivity contribution is -0.256. The minimum absolute atomic E-state index is 0.0707. The molecule has 86 valence electrons. The van der Waals surface area contributed by atoms with Crippen molar-refractivity contribution in [2.75, 3.05) is 13.7 Å². The summed E-state index contributed by atoms with van der Waals surface area (Å²) < 4.78 is 11.2. The normalized spacial score (nSPS) is 28.5. The summed E-state index contributed by atoms with van der Waals surface area (Å²) in [5.74, 6) is 0. The smallest absolute Gasteiger partial charge is 0.121 e. The van der Waals surface area contributed by atoms with Crippen LogP contribution in [0.1, 0.15) is 30.6 Å². The van der Waals surface area contributed by atoms with Gasteiger partial charge in [-0.25, -0.2) is 0 Å². The van der Waals surface area contributed by atoms with Crippen molar-refractivity contribution < 1.29 is 9.47 Å². The molecule has 1 aromatic carbocycles. The molecule has 0 bridgehead atoms. The Balaban J connectivity index is 2.21. The lowest BCUT2D eigenvalue weighted by atomic mass is 9.84. The second-order valence-electron chi connectivity index (χ2n) is 4.18. The van der Waals surface area contributed by atoms with E-state index in [0.29, 0.717) is 6.61 Å². The van der Waals surface area contributed by atoms with E-state index in [-0.39, 0.29) is 11.7 Å². The van der Waals surface area contributed by atoms with Crippen LogP contribution >= 0.6 is 0 Å². The first-order valence-electron chi connectivity index (χ1n) is 5.65. The summed E-state index contributed by atoms with van der Waals surface area (Å²) >= 11 is 0. The molecule has 1 heterocycles. The van der Waals surface area contributed by atoms with Crippen LogP contribution < -0.4 is 0 Å². The van der Waals surface area contributed by atoms with Crippen LogP contribution in [-0.4, -0.2) is 19.3 Å². The Bertz CT molecular complexity index is 357. The van der Waals surface area contributed by atoms with Gasteiger partial charge in [0, 0.05) is 7.11 Å². The molecule has 0 saturated carbocycles. The molecule has 1 aliphatic heterocycles. The van der Waals surface area contributed by atoms with Gasteiger partial charge in [0.1, 0.15) is 11.7 Å². The summed E-state index contributed by atoms with van der Waals surface area (Å²) in [6.07, 6.45) is 2.88. The summed E-state index contributed by atoms with van der Waals surface area (Å²) in [7, 11) is 1.76. The predicted octanol–water partition coefficient (Wildman–Crippen LogP) is 3.20. The Morgan fingerprint density at radius 2 is 2.19 bits per heavy atom. The average Bonchev–Trinajstić information content (AvgIpc) is 2.31. The third-order valence-corrected chi connectivity index (χ3v) is 3.45. The fourth-order valence-electron chi connectivity index (χ4n) is 2.16. The maximum atomic E-state index is 5.64. The molecule has 0 spiro atoms. The highest BCUT2D eigenvalue weighted by atomic mass is 16.6. The van der Waals surface area contributed by atoms with Gasteiger partial charge in [0.15, 0.2) is 0 Å². The Hall–Kier alpha value is -1.12. The molecule has 1 saturated heterocycles. The van der Waals surface area contributed by atoms with Gasteiger partial charge >= 0.3 is 0 Å². The van der Waals surface area contributed by atoms with Crippen molar-refractivity contribution in [3.8, 4) is 0 Å². The first-order valence-corrected chi connectivity index (χ1v) is 5.65. The maximum absolute atomic E-state index is 5.64. The van der Waals surface area contributed by atoms with Crippen molar-refractivity contribution in [2.24, 2.45) is 0 Å². The number of rotatable bonds is 4. The number of methoxy groups -OCH3 is 1. The Morgan fingerprint density at radius 1 is 1.50 bits per heavy atom. The van der Waals surface area contributed by atoms with Crippen LogP contribution in [0, 0.1) is 0 Å². The molecule has 2 unspecified atom stereocenters. The average molecular weight is 218 g/mol. The molecule has 0 N–H and O–H groups in total. The fourth-order valence-corrected chi connectivity index (χ4v) is 2.16. The van der Waals surface area contributed by atoms with Gasteiger partial charge in [-0.05, 0) is 17.5 Å². The second-order valence-corrected chi connectivity index (χ2v) is 4.18. The molecular formula is C14H18O2. The first-order chi connectivity index (χ1) is 7.75. The van der Waals surface area contributed by atoms with Crippen LogP contribution in [0.15, 0.2) is 30.8 Å². The molecule has 2 rings (SSSR count). The van der Waals surface area contributed by atoms with Gasteiger partial charge < -0.3 is 9.47 Å². The number of ether oxygens (including phenoxy) is 2. The first kappa shape index (κ1) is 11.4. The van der Waals surface area contributed by atoms with Gasteiger partial charge in [-0.3, -0.25) is 0 Å². The zero-order valence-corrected chi connectivity index (χ0v) is 9.90. The maximum Gasteiger partial charge on any atom is 0.121 e. The SMILES string of the molecule is C=Cc1ccc(C2OCC2(CC)OC)cc1. The molecule has 1 aliphatic rings. The molecule has 0 amide bonds. The van der Waals surface area contributed by atoms with Gasteiger partial charge in [-0.2, -0.15) is 0 Å². The molecule has 0 radical (unpaired) electrons. The van der Waals surface area contributed by atoms with Crippen molar-refractivity contribution in [1.82, 2.24) is 0 Å². The number of hydrogen-bond acceptors (Lipinski definition) is 2. The van der Waals surface area contributed by atoms with Crippen molar-refractivity contribution in [3.63, 3.8) is 0 Å². The monoisotopic (exact) mass is 218 g/mol. The van der Waals surface area contributed by atoms with Crippen LogP contribution in [0.5, 0.6) is 0 Å². The highest BCUT2D eigenvalue weighted by Gasteiger charge is 2.48. The van der Waals surface area contributed by atoms with E-state index in [0.717, 1.165) is 12.0 Å². The summed E-state index contributed by atoms with van der Waals surface area (Å²) in [5.41, 5.74) is 2.18. The van der Waals surface area contributed by atoms with Crippen molar-refractivity contribution in [3.05, 3.63) is 42.0 Å². The standard InChI is InChI=1S/C14H18O2/c1-4-11-6-8-12(9-7-11)13-14(5-2,15-3)10-16-13/h4,6-9,13H,1,5,10H2,2-3H3.